The van der Waals surface area contributed by atoms with Crippen LogP contribution < -0.4 is 4.72 Å². The maximum Gasteiger partial charge on any atom is 0.225 e. The zero-order valence-corrected chi connectivity index (χ0v) is 12.4. The van der Waals surface area contributed by atoms with Crippen molar-refractivity contribution in [2.75, 3.05) is 19.3 Å². The molecule has 0 aromatic carbocycles. The van der Waals surface area contributed by atoms with Gasteiger partial charge in [-0.3, -0.25) is 4.79 Å². The first-order valence-electron chi connectivity index (χ1n) is 7.04. The van der Waals surface area contributed by atoms with E-state index in [1.807, 2.05) is 4.90 Å². The van der Waals surface area contributed by atoms with Gasteiger partial charge in [0.25, 0.3) is 0 Å². The second-order valence-electron chi connectivity index (χ2n) is 6.82. The molecule has 0 radical (unpaired) electrons. The van der Waals surface area contributed by atoms with Gasteiger partial charge in [-0.1, -0.05) is 6.92 Å². The summed E-state index contributed by atoms with van der Waals surface area (Å²) in [6.45, 7) is 3.81. The fourth-order valence-corrected chi connectivity index (χ4v) is 4.50. The third-order valence-electron chi connectivity index (χ3n) is 4.92. The van der Waals surface area contributed by atoms with Gasteiger partial charge >= 0.3 is 0 Å². The Kier molecular flexibility index (Phi) is 2.94. The van der Waals surface area contributed by atoms with Gasteiger partial charge in [-0.15, -0.1) is 0 Å². The summed E-state index contributed by atoms with van der Waals surface area (Å²) in [4.78, 5) is 14.2. The third kappa shape index (κ3) is 2.65. The third-order valence-corrected chi connectivity index (χ3v) is 5.68. The molecule has 3 fully saturated rings. The van der Waals surface area contributed by atoms with Crippen molar-refractivity contribution in [2.45, 2.75) is 38.6 Å². The van der Waals surface area contributed by atoms with E-state index >= 15 is 0 Å². The largest absolute Gasteiger partial charge is 0.342 e. The molecular formula is C13H22N2O3S. The molecule has 2 aliphatic carbocycles. The van der Waals surface area contributed by atoms with Crippen LogP contribution >= 0.6 is 0 Å². The van der Waals surface area contributed by atoms with Crippen LogP contribution in [0.1, 0.15) is 32.6 Å². The lowest BCUT2D eigenvalue weighted by molar-refractivity contribution is -0.132. The number of carbonyl (C=O) groups is 1. The van der Waals surface area contributed by atoms with Crippen molar-refractivity contribution in [2.24, 2.45) is 17.3 Å². The number of sulfonamides is 1. The fraction of sp³-hybridized carbons (Fsp3) is 0.923. The lowest BCUT2D eigenvalue weighted by atomic mass is 9.65. The Morgan fingerprint density at radius 1 is 1.37 bits per heavy atom. The molecule has 6 heteroatoms. The average molecular weight is 286 g/mol. The molecule has 2 atom stereocenters. The standard InChI is InChI=1S/C13H22N2O3S/c1-9-5-11(9)12(16)15-4-3-13(8-15)6-10(7-13)14-19(2,17)18/h9-11,14H,3-8H2,1-2H3/t9-,10?,11-,13?/m0/s1. The van der Waals surface area contributed by atoms with Gasteiger partial charge in [-0.25, -0.2) is 13.1 Å². The van der Waals surface area contributed by atoms with Gasteiger partial charge in [0.05, 0.1) is 6.26 Å². The summed E-state index contributed by atoms with van der Waals surface area (Å²) in [6.07, 6.45) is 5.04. The molecule has 19 heavy (non-hydrogen) atoms. The van der Waals surface area contributed by atoms with E-state index < -0.39 is 10.0 Å². The first-order valence-corrected chi connectivity index (χ1v) is 8.93. The van der Waals surface area contributed by atoms with Crippen molar-refractivity contribution >= 4 is 15.9 Å². The number of nitrogens with one attached hydrogen (secondary N) is 1. The predicted molar refractivity (Wildman–Crippen MR) is 71.9 cm³/mol. The van der Waals surface area contributed by atoms with Gasteiger partial charge in [0, 0.05) is 25.0 Å². The van der Waals surface area contributed by atoms with Crippen LogP contribution in [0.25, 0.3) is 0 Å². The van der Waals surface area contributed by atoms with Crippen molar-refractivity contribution < 1.29 is 13.2 Å². The number of hydrogen-bond donors (Lipinski definition) is 1. The molecule has 1 spiro atoms. The predicted octanol–water partition coefficient (Wildman–Crippen LogP) is 0.573. The first-order chi connectivity index (χ1) is 8.78. The number of carbonyl (C=O) groups excluding carboxylic acids is 1. The van der Waals surface area contributed by atoms with Gasteiger partial charge < -0.3 is 4.90 Å². The summed E-state index contributed by atoms with van der Waals surface area (Å²) in [5.74, 6) is 1.15. The highest BCUT2D eigenvalue weighted by Gasteiger charge is 2.52. The minimum absolute atomic E-state index is 0.0740. The summed E-state index contributed by atoms with van der Waals surface area (Å²) >= 11 is 0. The molecule has 3 rings (SSSR count). The molecule has 1 amide bonds. The summed E-state index contributed by atoms with van der Waals surface area (Å²) in [5.41, 5.74) is 0.191. The van der Waals surface area contributed by atoms with Crippen LogP contribution in [-0.2, 0) is 14.8 Å². The van der Waals surface area contributed by atoms with E-state index in [0.29, 0.717) is 11.8 Å². The quantitative estimate of drug-likeness (QED) is 0.825. The topological polar surface area (TPSA) is 66.5 Å². The highest BCUT2D eigenvalue weighted by molar-refractivity contribution is 7.88. The van der Waals surface area contributed by atoms with Crippen molar-refractivity contribution in [3.63, 3.8) is 0 Å². The summed E-state index contributed by atoms with van der Waals surface area (Å²) < 4.78 is 25.0. The van der Waals surface area contributed by atoms with Gasteiger partial charge in [-0.2, -0.15) is 0 Å². The smallest absolute Gasteiger partial charge is 0.225 e. The lowest BCUT2D eigenvalue weighted by Gasteiger charge is -2.45. The lowest BCUT2D eigenvalue weighted by Crippen LogP contribution is -2.51. The van der Waals surface area contributed by atoms with Gasteiger partial charge in [-0.05, 0) is 37.0 Å². The number of likely N-dealkylation sites (tertiary alicyclic amines) is 1. The van der Waals surface area contributed by atoms with E-state index in [0.717, 1.165) is 38.8 Å². The van der Waals surface area contributed by atoms with Crippen LogP contribution in [0.4, 0.5) is 0 Å². The van der Waals surface area contributed by atoms with Gasteiger partial charge in [0.2, 0.25) is 15.9 Å². The Morgan fingerprint density at radius 2 is 2.00 bits per heavy atom. The Bertz CT molecular complexity index is 496. The van der Waals surface area contributed by atoms with Crippen molar-refractivity contribution in [3.8, 4) is 0 Å². The molecule has 3 aliphatic rings. The average Bonchev–Trinajstić information content (AvgIpc) is 2.80. The highest BCUT2D eigenvalue weighted by Crippen LogP contribution is 2.50. The zero-order chi connectivity index (χ0) is 13.8. The SMILES string of the molecule is C[C@H]1C[C@@H]1C(=O)N1CCC2(CC(NS(C)(=O)=O)C2)C1. The minimum Gasteiger partial charge on any atom is -0.342 e. The highest BCUT2D eigenvalue weighted by atomic mass is 32.2. The monoisotopic (exact) mass is 286 g/mol. The number of rotatable bonds is 3. The number of amides is 1. The molecular weight excluding hydrogens is 264 g/mol. The van der Waals surface area contributed by atoms with E-state index in [1.165, 1.54) is 6.26 Å². The molecule has 5 nitrogen and oxygen atoms in total. The van der Waals surface area contributed by atoms with Crippen molar-refractivity contribution in [3.05, 3.63) is 0 Å². The van der Waals surface area contributed by atoms with Crippen molar-refractivity contribution in [1.29, 1.82) is 0 Å². The van der Waals surface area contributed by atoms with Crippen molar-refractivity contribution in [1.82, 2.24) is 9.62 Å². The molecule has 0 bridgehead atoms. The summed E-state index contributed by atoms with van der Waals surface area (Å²) in [5, 5.41) is 0. The Hall–Kier alpha value is -0.620. The molecule has 2 saturated carbocycles. The molecule has 1 heterocycles. The van der Waals surface area contributed by atoms with Crippen LogP contribution in [0.5, 0.6) is 0 Å². The molecule has 1 saturated heterocycles. The Labute approximate surface area is 114 Å². The van der Waals surface area contributed by atoms with E-state index in [9.17, 15) is 13.2 Å². The molecule has 0 aromatic heterocycles. The second kappa shape index (κ2) is 4.19. The van der Waals surface area contributed by atoms with Gasteiger partial charge in [0.1, 0.15) is 0 Å². The second-order valence-corrected chi connectivity index (χ2v) is 8.60. The zero-order valence-electron chi connectivity index (χ0n) is 11.6. The molecule has 0 unspecified atom stereocenters. The summed E-state index contributed by atoms with van der Waals surface area (Å²) in [6, 6.07) is 0.0740. The number of hydrogen-bond acceptors (Lipinski definition) is 3. The van der Waals surface area contributed by atoms with Gasteiger partial charge in [0.15, 0.2) is 0 Å². The van der Waals surface area contributed by atoms with Crippen LogP contribution in [0.15, 0.2) is 0 Å². The first kappa shape index (κ1) is 13.4. The summed E-state index contributed by atoms with van der Waals surface area (Å²) in [7, 11) is -3.10. The van der Waals surface area contributed by atoms with Crippen LogP contribution in [-0.4, -0.2) is 44.6 Å². The molecule has 1 N–H and O–H groups in total. The molecule has 0 aromatic rings. The Morgan fingerprint density at radius 3 is 2.53 bits per heavy atom. The normalized spacial score (nSPS) is 41.4. The number of nitrogens with zero attached hydrogens (tertiary/aromatic N) is 1. The van der Waals surface area contributed by atoms with Crippen LogP contribution in [0.2, 0.25) is 0 Å². The fourth-order valence-electron chi connectivity index (χ4n) is 3.73. The Balaban J connectivity index is 1.52. The van der Waals surface area contributed by atoms with E-state index in [4.69, 9.17) is 0 Å². The minimum atomic E-state index is -3.10. The van der Waals surface area contributed by atoms with E-state index in [1.54, 1.807) is 0 Å². The molecule has 108 valence electrons. The van der Waals surface area contributed by atoms with E-state index in [-0.39, 0.29) is 17.4 Å². The van der Waals surface area contributed by atoms with Crippen LogP contribution in [0, 0.1) is 17.3 Å². The molecule has 1 aliphatic heterocycles. The maximum atomic E-state index is 12.2. The maximum absolute atomic E-state index is 12.2. The van der Waals surface area contributed by atoms with E-state index in [2.05, 4.69) is 11.6 Å². The van der Waals surface area contributed by atoms with Crippen LogP contribution in [0.3, 0.4) is 0 Å².